The van der Waals surface area contributed by atoms with Gasteiger partial charge in [0.15, 0.2) is 5.78 Å². The summed E-state index contributed by atoms with van der Waals surface area (Å²) in [5.41, 5.74) is 4.35. The summed E-state index contributed by atoms with van der Waals surface area (Å²) >= 11 is 0. The zero-order valence-corrected chi connectivity index (χ0v) is 13.6. The SMILES string of the molecule is O=Cc1ccc2c(c1)CC(C(=O)c1ccccc1)N2c1ccccc1. The van der Waals surface area contributed by atoms with Crippen LogP contribution in [0.25, 0.3) is 0 Å². The molecular weight excluding hydrogens is 310 g/mol. The van der Waals surface area contributed by atoms with Gasteiger partial charge in [0.25, 0.3) is 0 Å². The van der Waals surface area contributed by atoms with Gasteiger partial charge in [-0.2, -0.15) is 0 Å². The van der Waals surface area contributed by atoms with Crippen molar-refractivity contribution in [2.45, 2.75) is 12.5 Å². The lowest BCUT2D eigenvalue weighted by atomic mass is 10.00. The highest BCUT2D eigenvalue weighted by Crippen LogP contribution is 2.39. The lowest BCUT2D eigenvalue weighted by Crippen LogP contribution is -2.35. The third-order valence-electron chi connectivity index (χ3n) is 4.62. The maximum atomic E-state index is 13.1. The van der Waals surface area contributed by atoms with Gasteiger partial charge in [-0.1, -0.05) is 48.5 Å². The molecule has 1 atom stereocenters. The van der Waals surface area contributed by atoms with Crippen molar-refractivity contribution in [3.8, 4) is 0 Å². The van der Waals surface area contributed by atoms with E-state index in [-0.39, 0.29) is 11.8 Å². The number of nitrogens with zero attached hydrogens (tertiary/aromatic N) is 1. The molecule has 0 spiro atoms. The molecule has 1 heterocycles. The Morgan fingerprint density at radius 3 is 2.28 bits per heavy atom. The zero-order valence-electron chi connectivity index (χ0n) is 13.6. The molecular formula is C22H17NO2. The van der Waals surface area contributed by atoms with Crippen molar-refractivity contribution in [3.05, 3.63) is 95.6 Å². The number of para-hydroxylation sites is 1. The molecule has 0 fully saturated rings. The maximum absolute atomic E-state index is 13.1. The van der Waals surface area contributed by atoms with Gasteiger partial charge in [-0.05, 0) is 35.9 Å². The van der Waals surface area contributed by atoms with E-state index >= 15 is 0 Å². The van der Waals surface area contributed by atoms with E-state index in [9.17, 15) is 9.59 Å². The second kappa shape index (κ2) is 6.36. The molecule has 0 saturated carbocycles. The van der Waals surface area contributed by atoms with Crippen molar-refractivity contribution in [2.75, 3.05) is 4.90 Å². The van der Waals surface area contributed by atoms with Gasteiger partial charge in [0, 0.05) is 28.9 Å². The number of benzene rings is 3. The van der Waals surface area contributed by atoms with Gasteiger partial charge < -0.3 is 4.90 Å². The lowest BCUT2D eigenvalue weighted by Gasteiger charge is -2.27. The number of carbonyl (C=O) groups is 2. The van der Waals surface area contributed by atoms with Crippen LogP contribution in [-0.2, 0) is 6.42 Å². The summed E-state index contributed by atoms with van der Waals surface area (Å²) in [6, 6.07) is 24.6. The molecule has 0 bridgehead atoms. The Labute approximate surface area is 146 Å². The van der Waals surface area contributed by atoms with Gasteiger partial charge in [0.2, 0.25) is 0 Å². The van der Waals surface area contributed by atoms with Crippen molar-refractivity contribution in [3.63, 3.8) is 0 Å². The Morgan fingerprint density at radius 2 is 1.60 bits per heavy atom. The van der Waals surface area contributed by atoms with E-state index < -0.39 is 0 Å². The fraction of sp³-hybridized carbons (Fsp3) is 0.0909. The number of rotatable bonds is 4. The molecule has 0 aromatic heterocycles. The fourth-order valence-electron chi connectivity index (χ4n) is 3.46. The Kier molecular flexibility index (Phi) is 3.90. The van der Waals surface area contributed by atoms with E-state index in [1.165, 1.54) is 0 Å². The number of Topliss-reactive ketones (excluding diaryl/α,β-unsaturated/α-hetero) is 1. The first-order valence-corrected chi connectivity index (χ1v) is 8.29. The Balaban J connectivity index is 1.80. The van der Waals surface area contributed by atoms with Crippen molar-refractivity contribution in [2.24, 2.45) is 0 Å². The zero-order chi connectivity index (χ0) is 17.2. The van der Waals surface area contributed by atoms with Gasteiger partial charge in [0.1, 0.15) is 12.3 Å². The van der Waals surface area contributed by atoms with Crippen molar-refractivity contribution < 1.29 is 9.59 Å². The summed E-state index contributed by atoms with van der Waals surface area (Å²) in [5, 5.41) is 0. The highest BCUT2D eigenvalue weighted by Gasteiger charge is 2.35. The summed E-state index contributed by atoms with van der Waals surface area (Å²) in [6.45, 7) is 0. The van der Waals surface area contributed by atoms with Crippen molar-refractivity contribution in [1.82, 2.24) is 0 Å². The average molecular weight is 327 g/mol. The normalized spacial score (nSPS) is 15.7. The van der Waals surface area contributed by atoms with E-state index in [0.717, 1.165) is 23.2 Å². The van der Waals surface area contributed by atoms with Crippen LogP contribution in [0.15, 0.2) is 78.9 Å². The first-order chi connectivity index (χ1) is 12.3. The van der Waals surface area contributed by atoms with Crippen LogP contribution in [-0.4, -0.2) is 18.1 Å². The number of fused-ring (bicyclic) bond motifs is 1. The monoisotopic (exact) mass is 327 g/mol. The molecule has 0 aliphatic carbocycles. The maximum Gasteiger partial charge on any atom is 0.185 e. The number of hydrogen-bond acceptors (Lipinski definition) is 3. The molecule has 1 unspecified atom stereocenters. The first-order valence-electron chi connectivity index (χ1n) is 8.29. The molecule has 4 rings (SSSR count). The Morgan fingerprint density at radius 1 is 0.920 bits per heavy atom. The van der Waals surface area contributed by atoms with Gasteiger partial charge in [-0.3, -0.25) is 9.59 Å². The van der Waals surface area contributed by atoms with E-state index in [0.29, 0.717) is 17.5 Å². The van der Waals surface area contributed by atoms with Crippen LogP contribution in [0.1, 0.15) is 26.3 Å². The predicted molar refractivity (Wildman–Crippen MR) is 98.7 cm³/mol. The third-order valence-corrected chi connectivity index (χ3v) is 4.62. The standard InChI is InChI=1S/C22H17NO2/c24-15-16-11-12-20-18(13-16)14-21(22(25)17-7-3-1-4-8-17)23(20)19-9-5-2-6-10-19/h1-13,15,21H,14H2. The molecule has 1 aliphatic heterocycles. The third kappa shape index (κ3) is 2.74. The average Bonchev–Trinajstić information content (AvgIpc) is 3.07. The molecule has 0 saturated heterocycles. The summed E-state index contributed by atoms with van der Waals surface area (Å²) in [5.74, 6) is 0.0910. The van der Waals surface area contributed by atoms with Gasteiger partial charge in [-0.25, -0.2) is 0 Å². The lowest BCUT2D eigenvalue weighted by molar-refractivity contribution is 0.0964. The predicted octanol–water partition coefficient (Wildman–Crippen LogP) is 4.44. The van der Waals surface area contributed by atoms with E-state index in [4.69, 9.17) is 0 Å². The minimum absolute atomic E-state index is 0.0910. The molecule has 1 aliphatic rings. The molecule has 3 heteroatoms. The number of hydrogen-bond donors (Lipinski definition) is 0. The molecule has 0 radical (unpaired) electrons. The summed E-state index contributed by atoms with van der Waals surface area (Å²) in [7, 11) is 0. The summed E-state index contributed by atoms with van der Waals surface area (Å²) in [6.07, 6.45) is 1.44. The number of carbonyl (C=O) groups excluding carboxylic acids is 2. The summed E-state index contributed by atoms with van der Waals surface area (Å²) < 4.78 is 0. The molecule has 25 heavy (non-hydrogen) atoms. The van der Waals surface area contributed by atoms with E-state index in [2.05, 4.69) is 4.90 Å². The first kappa shape index (κ1) is 15.3. The van der Waals surface area contributed by atoms with Crippen LogP contribution < -0.4 is 4.90 Å². The smallest absolute Gasteiger partial charge is 0.185 e. The minimum Gasteiger partial charge on any atom is -0.330 e. The van der Waals surface area contributed by atoms with E-state index in [1.807, 2.05) is 72.8 Å². The number of aldehydes is 1. The highest BCUT2D eigenvalue weighted by molar-refractivity contribution is 6.04. The number of ketones is 1. The molecule has 122 valence electrons. The Bertz CT molecular complexity index is 919. The van der Waals surface area contributed by atoms with Gasteiger partial charge >= 0.3 is 0 Å². The fourth-order valence-corrected chi connectivity index (χ4v) is 3.46. The van der Waals surface area contributed by atoms with Crippen molar-refractivity contribution in [1.29, 1.82) is 0 Å². The summed E-state index contributed by atoms with van der Waals surface area (Å²) in [4.78, 5) is 26.3. The van der Waals surface area contributed by atoms with Crippen LogP contribution in [0.2, 0.25) is 0 Å². The highest BCUT2D eigenvalue weighted by atomic mass is 16.1. The minimum atomic E-state index is -0.304. The quantitative estimate of drug-likeness (QED) is 0.525. The van der Waals surface area contributed by atoms with E-state index in [1.54, 1.807) is 6.07 Å². The van der Waals surface area contributed by atoms with Crippen LogP contribution in [0, 0.1) is 0 Å². The van der Waals surface area contributed by atoms with Crippen LogP contribution in [0.4, 0.5) is 11.4 Å². The largest absolute Gasteiger partial charge is 0.330 e. The van der Waals surface area contributed by atoms with Crippen molar-refractivity contribution >= 4 is 23.4 Å². The van der Waals surface area contributed by atoms with Crippen LogP contribution in [0.3, 0.4) is 0 Å². The molecule has 3 nitrogen and oxygen atoms in total. The Hall–Kier alpha value is -3.20. The molecule has 0 N–H and O–H groups in total. The second-order valence-electron chi connectivity index (χ2n) is 6.16. The van der Waals surface area contributed by atoms with Gasteiger partial charge in [0.05, 0.1) is 0 Å². The van der Waals surface area contributed by atoms with Crippen LogP contribution >= 0.6 is 0 Å². The number of anilines is 2. The van der Waals surface area contributed by atoms with Crippen LogP contribution in [0.5, 0.6) is 0 Å². The molecule has 0 amide bonds. The van der Waals surface area contributed by atoms with Gasteiger partial charge in [-0.15, -0.1) is 0 Å². The molecule has 3 aromatic rings. The molecule has 3 aromatic carbocycles. The second-order valence-corrected chi connectivity index (χ2v) is 6.16. The topological polar surface area (TPSA) is 37.4 Å².